The van der Waals surface area contributed by atoms with Crippen molar-refractivity contribution in [2.24, 2.45) is 0 Å². The Kier molecular flexibility index (Phi) is 5.35. The maximum Gasteiger partial charge on any atom is 0.243 e. The molecule has 3 nitrogen and oxygen atoms in total. The van der Waals surface area contributed by atoms with Gasteiger partial charge in [0.1, 0.15) is 0 Å². The monoisotopic (exact) mass is 269 g/mol. The predicted octanol–water partition coefficient (Wildman–Crippen LogP) is 3.19. The lowest BCUT2D eigenvalue weighted by atomic mass is 10.2. The van der Waals surface area contributed by atoms with Crippen LogP contribution in [0.1, 0.15) is 39.2 Å². The lowest BCUT2D eigenvalue weighted by molar-refractivity contribution is 0.408. The molecule has 0 saturated carbocycles. The van der Waals surface area contributed by atoms with Gasteiger partial charge in [-0.25, -0.2) is 8.42 Å². The Morgan fingerprint density at radius 2 is 1.72 bits per heavy atom. The van der Waals surface area contributed by atoms with Crippen LogP contribution in [0.4, 0.5) is 0 Å². The second kappa shape index (κ2) is 6.34. The molecule has 18 heavy (non-hydrogen) atoms. The van der Waals surface area contributed by atoms with E-state index in [1.165, 1.54) is 0 Å². The highest BCUT2D eigenvalue weighted by Gasteiger charge is 2.32. The van der Waals surface area contributed by atoms with Gasteiger partial charge in [0.2, 0.25) is 10.0 Å². The average Bonchev–Trinajstić information content (AvgIpc) is 2.79. The third-order valence-electron chi connectivity index (χ3n) is 3.12. The van der Waals surface area contributed by atoms with Crippen LogP contribution in [0, 0.1) is 6.92 Å². The van der Waals surface area contributed by atoms with Crippen molar-refractivity contribution in [3.8, 4) is 0 Å². The summed E-state index contributed by atoms with van der Waals surface area (Å²) in [6.45, 7) is 8.57. The minimum absolute atomic E-state index is 0.131. The molecule has 1 saturated heterocycles. The second-order valence-corrected chi connectivity index (χ2v) is 6.31. The number of rotatable bonds is 2. The minimum atomic E-state index is -3.27. The molecule has 0 unspecified atom stereocenters. The van der Waals surface area contributed by atoms with Gasteiger partial charge in [0.25, 0.3) is 0 Å². The van der Waals surface area contributed by atoms with Gasteiger partial charge in [0, 0.05) is 12.6 Å². The molecule has 1 aliphatic heterocycles. The SMILES string of the molecule is CC.Cc1ccc(S(=O)(=O)N2CCC[C@H]2C)cc1. The van der Waals surface area contributed by atoms with E-state index in [9.17, 15) is 8.42 Å². The minimum Gasteiger partial charge on any atom is -0.207 e. The van der Waals surface area contributed by atoms with Crippen LogP contribution in [0.5, 0.6) is 0 Å². The number of hydrogen-bond acceptors (Lipinski definition) is 2. The first-order valence-corrected chi connectivity index (χ1v) is 8.04. The largest absolute Gasteiger partial charge is 0.243 e. The lowest BCUT2D eigenvalue weighted by Gasteiger charge is -2.20. The van der Waals surface area contributed by atoms with Gasteiger partial charge < -0.3 is 0 Å². The Bertz CT molecular complexity index is 465. The molecule has 0 amide bonds. The first-order chi connectivity index (χ1) is 8.51. The van der Waals surface area contributed by atoms with Crippen molar-refractivity contribution in [1.29, 1.82) is 0 Å². The molecule has 1 aromatic rings. The molecule has 0 aromatic heterocycles. The van der Waals surface area contributed by atoms with Crippen LogP contribution in [0.2, 0.25) is 0 Å². The van der Waals surface area contributed by atoms with Gasteiger partial charge >= 0.3 is 0 Å². The Morgan fingerprint density at radius 3 is 2.17 bits per heavy atom. The van der Waals surface area contributed by atoms with E-state index in [4.69, 9.17) is 0 Å². The topological polar surface area (TPSA) is 37.4 Å². The zero-order valence-corrected chi connectivity index (χ0v) is 12.5. The number of nitrogens with zero attached hydrogens (tertiary/aromatic N) is 1. The van der Waals surface area contributed by atoms with Crippen LogP contribution < -0.4 is 0 Å². The van der Waals surface area contributed by atoms with Crippen molar-refractivity contribution in [3.63, 3.8) is 0 Å². The van der Waals surface area contributed by atoms with Crippen molar-refractivity contribution in [1.82, 2.24) is 4.31 Å². The molecule has 4 heteroatoms. The first-order valence-electron chi connectivity index (χ1n) is 6.60. The van der Waals surface area contributed by atoms with Gasteiger partial charge in [-0.15, -0.1) is 0 Å². The standard InChI is InChI=1S/C12H17NO2S.C2H6/c1-10-5-7-12(8-6-10)16(14,15)13-9-3-4-11(13)2;1-2/h5-8,11H,3-4,9H2,1-2H3;1-2H3/t11-;/m1./s1. The van der Waals surface area contributed by atoms with Gasteiger partial charge in [-0.2, -0.15) is 4.31 Å². The summed E-state index contributed by atoms with van der Waals surface area (Å²) in [5.41, 5.74) is 1.08. The molecule has 102 valence electrons. The molecule has 0 spiro atoms. The normalized spacial score (nSPS) is 20.3. The van der Waals surface area contributed by atoms with Crippen LogP contribution in [0.3, 0.4) is 0 Å². The third kappa shape index (κ3) is 3.12. The molecule has 1 atom stereocenters. The molecule has 0 bridgehead atoms. The van der Waals surface area contributed by atoms with Crippen molar-refractivity contribution in [3.05, 3.63) is 29.8 Å². The molecule has 0 aliphatic carbocycles. The van der Waals surface area contributed by atoms with Crippen molar-refractivity contribution in [2.75, 3.05) is 6.54 Å². The van der Waals surface area contributed by atoms with Gasteiger partial charge in [-0.1, -0.05) is 31.5 Å². The fourth-order valence-electron chi connectivity index (χ4n) is 2.11. The van der Waals surface area contributed by atoms with E-state index < -0.39 is 10.0 Å². The van der Waals surface area contributed by atoms with Crippen LogP contribution in [-0.4, -0.2) is 25.3 Å². The highest BCUT2D eigenvalue weighted by molar-refractivity contribution is 7.89. The predicted molar refractivity (Wildman–Crippen MR) is 75.1 cm³/mol. The summed E-state index contributed by atoms with van der Waals surface area (Å²) in [5.74, 6) is 0. The van der Waals surface area contributed by atoms with E-state index >= 15 is 0 Å². The Balaban J connectivity index is 0.000000771. The average molecular weight is 269 g/mol. The van der Waals surface area contributed by atoms with E-state index in [0.717, 1.165) is 18.4 Å². The van der Waals surface area contributed by atoms with Crippen LogP contribution in [0.25, 0.3) is 0 Å². The maximum absolute atomic E-state index is 12.3. The van der Waals surface area contributed by atoms with E-state index in [1.807, 2.05) is 39.8 Å². The highest BCUT2D eigenvalue weighted by Crippen LogP contribution is 2.25. The van der Waals surface area contributed by atoms with Crippen LogP contribution in [0.15, 0.2) is 29.2 Å². The smallest absolute Gasteiger partial charge is 0.207 e. The fraction of sp³-hybridized carbons (Fsp3) is 0.571. The zero-order valence-electron chi connectivity index (χ0n) is 11.7. The van der Waals surface area contributed by atoms with Gasteiger partial charge in [-0.3, -0.25) is 0 Å². The van der Waals surface area contributed by atoms with E-state index in [1.54, 1.807) is 16.4 Å². The fourth-order valence-corrected chi connectivity index (χ4v) is 3.81. The van der Waals surface area contributed by atoms with Crippen molar-refractivity contribution in [2.45, 2.75) is 51.5 Å². The molecule has 0 N–H and O–H groups in total. The van der Waals surface area contributed by atoms with Crippen molar-refractivity contribution < 1.29 is 8.42 Å². The Morgan fingerprint density at radius 1 is 1.17 bits per heavy atom. The van der Waals surface area contributed by atoms with E-state index in [2.05, 4.69) is 0 Å². The summed E-state index contributed by atoms with van der Waals surface area (Å²) in [4.78, 5) is 0.409. The lowest BCUT2D eigenvalue weighted by Crippen LogP contribution is -2.33. The highest BCUT2D eigenvalue weighted by atomic mass is 32.2. The van der Waals surface area contributed by atoms with Gasteiger partial charge in [0.05, 0.1) is 4.90 Å². The molecule has 1 fully saturated rings. The first kappa shape index (κ1) is 15.2. The second-order valence-electron chi connectivity index (χ2n) is 4.42. The van der Waals surface area contributed by atoms with Crippen LogP contribution >= 0.6 is 0 Å². The Hall–Kier alpha value is -0.870. The summed E-state index contributed by atoms with van der Waals surface area (Å²) in [7, 11) is -3.27. The molecule has 1 aliphatic rings. The van der Waals surface area contributed by atoms with Crippen LogP contribution in [-0.2, 0) is 10.0 Å². The summed E-state index contributed by atoms with van der Waals surface area (Å²) >= 11 is 0. The molecule has 1 aromatic carbocycles. The van der Waals surface area contributed by atoms with E-state index in [-0.39, 0.29) is 6.04 Å². The van der Waals surface area contributed by atoms with E-state index in [0.29, 0.717) is 11.4 Å². The summed E-state index contributed by atoms with van der Waals surface area (Å²) in [6, 6.07) is 7.19. The molecular weight excluding hydrogens is 246 g/mol. The Labute approximate surface area is 111 Å². The maximum atomic E-state index is 12.3. The number of sulfonamides is 1. The summed E-state index contributed by atoms with van der Waals surface area (Å²) in [5, 5.41) is 0. The molecule has 1 heterocycles. The molecular formula is C14H23NO2S. The molecule has 0 radical (unpaired) electrons. The third-order valence-corrected chi connectivity index (χ3v) is 5.15. The number of hydrogen-bond donors (Lipinski definition) is 0. The van der Waals surface area contributed by atoms with Crippen molar-refractivity contribution >= 4 is 10.0 Å². The quantitative estimate of drug-likeness (QED) is 0.827. The molecule has 2 rings (SSSR count). The number of aryl methyl sites for hydroxylation is 1. The zero-order chi connectivity index (χ0) is 13.8. The summed E-state index contributed by atoms with van der Waals surface area (Å²) in [6.07, 6.45) is 1.93. The van der Waals surface area contributed by atoms with Gasteiger partial charge in [-0.05, 0) is 38.8 Å². The summed E-state index contributed by atoms with van der Waals surface area (Å²) < 4.78 is 26.2. The number of benzene rings is 1. The van der Waals surface area contributed by atoms with Gasteiger partial charge in [0.15, 0.2) is 0 Å².